The maximum absolute atomic E-state index is 12.1. The fourth-order valence-corrected chi connectivity index (χ4v) is 3.66. The van der Waals surface area contributed by atoms with Crippen molar-refractivity contribution in [1.82, 2.24) is 3.87 Å². The van der Waals surface area contributed by atoms with Crippen LogP contribution in [0.25, 0.3) is 0 Å². The van der Waals surface area contributed by atoms with Gasteiger partial charge in [0.15, 0.2) is 0 Å². The average molecular weight is 416 g/mol. The van der Waals surface area contributed by atoms with Gasteiger partial charge >= 0.3 is 17.4 Å². The maximum Gasteiger partial charge on any atom is 0.456 e. The summed E-state index contributed by atoms with van der Waals surface area (Å²) in [4.78, 5) is 23.7. The predicted octanol–water partition coefficient (Wildman–Crippen LogP) is 4.36. The van der Waals surface area contributed by atoms with Crippen LogP contribution >= 0.6 is 23.9 Å². The highest BCUT2D eigenvalue weighted by molar-refractivity contribution is 8.12. The van der Waals surface area contributed by atoms with E-state index in [0.717, 1.165) is 25.7 Å². The quantitative estimate of drug-likeness (QED) is 0.171. The Morgan fingerprint density at radius 1 is 1.31 bits per heavy atom. The third-order valence-electron chi connectivity index (χ3n) is 3.84. The van der Waals surface area contributed by atoms with E-state index in [4.69, 9.17) is 9.47 Å². The lowest BCUT2D eigenvalue weighted by Gasteiger charge is -2.28. The number of halogens is 3. The molecule has 0 radical (unpaired) electrons. The zero-order chi connectivity index (χ0) is 19.8. The van der Waals surface area contributed by atoms with Crippen molar-refractivity contribution in [1.29, 1.82) is 0 Å². The number of alkyl halides is 3. The summed E-state index contributed by atoms with van der Waals surface area (Å²) < 4.78 is 45.8. The third-order valence-corrected chi connectivity index (χ3v) is 5.29. The first-order valence-electron chi connectivity index (χ1n) is 8.00. The van der Waals surface area contributed by atoms with Crippen LogP contribution in [0.2, 0.25) is 0 Å². The SMILES string of the molecule is C=C(CC(=O)OCCSN([O-])SC(F)(F)F)C(=O)OC1(CC)CCCC1. The Kier molecular flexibility index (Phi) is 9.28. The molecule has 0 aliphatic heterocycles. The molecule has 1 saturated carbocycles. The number of carbonyl (C=O) groups excluding carboxylic acids is 2. The summed E-state index contributed by atoms with van der Waals surface area (Å²) in [6.07, 6.45) is 3.85. The molecule has 150 valence electrons. The normalized spacial score (nSPS) is 16.5. The molecule has 0 aromatic heterocycles. The monoisotopic (exact) mass is 416 g/mol. The number of rotatable bonds is 10. The minimum Gasteiger partial charge on any atom is -0.766 e. The second-order valence-corrected chi connectivity index (χ2v) is 7.93. The molecule has 0 N–H and O–H groups in total. The molecule has 11 heteroatoms. The van der Waals surface area contributed by atoms with Crippen molar-refractivity contribution in [3.63, 3.8) is 0 Å². The number of carbonyl (C=O) groups is 2. The summed E-state index contributed by atoms with van der Waals surface area (Å²) in [7, 11) is 0. The molecule has 0 atom stereocenters. The highest BCUT2D eigenvalue weighted by atomic mass is 32.2. The lowest BCUT2D eigenvalue weighted by atomic mass is 9.98. The summed E-state index contributed by atoms with van der Waals surface area (Å²) >= 11 is -0.505. The molecule has 0 aromatic rings. The molecule has 0 heterocycles. The van der Waals surface area contributed by atoms with E-state index in [-0.39, 0.29) is 28.2 Å². The van der Waals surface area contributed by atoms with Crippen molar-refractivity contribution in [3.05, 3.63) is 17.4 Å². The van der Waals surface area contributed by atoms with Gasteiger partial charge in [-0.25, -0.2) is 4.79 Å². The van der Waals surface area contributed by atoms with Gasteiger partial charge in [0.05, 0.1) is 6.42 Å². The van der Waals surface area contributed by atoms with Crippen LogP contribution < -0.4 is 0 Å². The summed E-state index contributed by atoms with van der Waals surface area (Å²) in [6, 6.07) is 0. The summed E-state index contributed by atoms with van der Waals surface area (Å²) in [5, 5.41) is 10.9. The lowest BCUT2D eigenvalue weighted by molar-refractivity contribution is -0.156. The van der Waals surface area contributed by atoms with Gasteiger partial charge in [0.2, 0.25) is 0 Å². The smallest absolute Gasteiger partial charge is 0.456 e. The Labute approximate surface area is 158 Å². The maximum atomic E-state index is 12.1. The van der Waals surface area contributed by atoms with Crippen molar-refractivity contribution >= 4 is 35.8 Å². The summed E-state index contributed by atoms with van der Waals surface area (Å²) in [6.45, 7) is 5.20. The van der Waals surface area contributed by atoms with E-state index in [9.17, 15) is 28.0 Å². The number of hydrogen-bond acceptors (Lipinski definition) is 8. The zero-order valence-electron chi connectivity index (χ0n) is 14.3. The molecule has 6 nitrogen and oxygen atoms in total. The Morgan fingerprint density at radius 3 is 2.46 bits per heavy atom. The van der Waals surface area contributed by atoms with Crippen LogP contribution in [0.15, 0.2) is 12.2 Å². The van der Waals surface area contributed by atoms with Crippen molar-refractivity contribution in [3.8, 4) is 0 Å². The fraction of sp³-hybridized carbons (Fsp3) is 0.733. The van der Waals surface area contributed by atoms with Gasteiger partial charge in [0, 0.05) is 23.3 Å². The molecular weight excluding hydrogens is 395 g/mol. The van der Waals surface area contributed by atoms with Crippen LogP contribution in [-0.4, -0.2) is 39.3 Å². The average Bonchev–Trinajstić information content (AvgIpc) is 2.99. The molecule has 0 unspecified atom stereocenters. The first-order chi connectivity index (χ1) is 12.1. The minimum atomic E-state index is -4.67. The van der Waals surface area contributed by atoms with Crippen LogP contribution in [-0.2, 0) is 19.1 Å². The molecule has 1 aliphatic carbocycles. The fourth-order valence-electron chi connectivity index (χ4n) is 2.49. The van der Waals surface area contributed by atoms with Gasteiger partial charge in [-0.05, 0) is 32.1 Å². The van der Waals surface area contributed by atoms with E-state index in [2.05, 4.69) is 6.58 Å². The zero-order valence-corrected chi connectivity index (χ0v) is 15.9. The molecule has 26 heavy (non-hydrogen) atoms. The van der Waals surface area contributed by atoms with Crippen molar-refractivity contribution in [2.24, 2.45) is 0 Å². The van der Waals surface area contributed by atoms with E-state index in [0.29, 0.717) is 18.4 Å². The van der Waals surface area contributed by atoms with Crippen LogP contribution in [0.1, 0.15) is 45.4 Å². The number of nitrogens with zero attached hydrogens (tertiary/aromatic N) is 1. The van der Waals surface area contributed by atoms with E-state index in [1.54, 1.807) is 0 Å². The Hall–Kier alpha value is -0.910. The largest absolute Gasteiger partial charge is 0.766 e. The molecule has 0 amide bonds. The second kappa shape index (κ2) is 10.4. The Balaban J connectivity index is 2.25. The van der Waals surface area contributed by atoms with Crippen molar-refractivity contribution in [2.75, 3.05) is 12.4 Å². The molecule has 0 aromatic carbocycles. The second-order valence-electron chi connectivity index (χ2n) is 5.73. The van der Waals surface area contributed by atoms with Crippen LogP contribution in [0.3, 0.4) is 0 Å². The van der Waals surface area contributed by atoms with Crippen LogP contribution in [0, 0.1) is 5.21 Å². The molecular formula is C15H21F3NO5S2-. The van der Waals surface area contributed by atoms with E-state index < -0.39 is 35.0 Å². The van der Waals surface area contributed by atoms with Crippen LogP contribution in [0.4, 0.5) is 13.2 Å². The lowest BCUT2D eigenvalue weighted by Crippen LogP contribution is -2.32. The van der Waals surface area contributed by atoms with Gasteiger partial charge < -0.3 is 14.7 Å². The third kappa shape index (κ3) is 8.65. The van der Waals surface area contributed by atoms with Gasteiger partial charge in [0.1, 0.15) is 12.2 Å². The van der Waals surface area contributed by atoms with E-state index >= 15 is 0 Å². The first kappa shape index (κ1) is 23.1. The van der Waals surface area contributed by atoms with E-state index in [1.807, 2.05) is 6.92 Å². The highest BCUT2D eigenvalue weighted by Crippen LogP contribution is 2.37. The molecule has 0 saturated heterocycles. The number of esters is 2. The number of ether oxygens (including phenoxy) is 2. The molecule has 0 spiro atoms. The van der Waals surface area contributed by atoms with E-state index in [1.165, 1.54) is 0 Å². The Morgan fingerprint density at radius 2 is 1.92 bits per heavy atom. The van der Waals surface area contributed by atoms with Gasteiger partial charge in [-0.3, -0.25) is 8.67 Å². The molecule has 1 aliphatic rings. The van der Waals surface area contributed by atoms with Crippen molar-refractivity contribution < 1.29 is 32.2 Å². The standard InChI is InChI=1S/C15H21F3NO5S2/c1-3-14(6-4-5-7-14)24-13(21)11(2)10-12(20)23-8-9-25-19(22)26-15(16,17)18/h2-10H2,1H3/q-1. The van der Waals surface area contributed by atoms with Gasteiger partial charge in [0.25, 0.3) is 0 Å². The Bertz CT molecular complexity index is 510. The molecule has 1 rings (SSSR count). The van der Waals surface area contributed by atoms with Gasteiger partial charge in [-0.1, -0.05) is 25.5 Å². The molecule has 0 bridgehead atoms. The van der Waals surface area contributed by atoms with Gasteiger partial charge in [-0.15, -0.1) is 0 Å². The van der Waals surface area contributed by atoms with Crippen molar-refractivity contribution in [2.45, 2.75) is 56.6 Å². The summed E-state index contributed by atoms with van der Waals surface area (Å²) in [5.41, 5.74) is -5.20. The first-order valence-corrected chi connectivity index (χ1v) is 9.71. The number of hydrogen-bond donors (Lipinski definition) is 0. The van der Waals surface area contributed by atoms with Crippen LogP contribution in [0.5, 0.6) is 0 Å². The topological polar surface area (TPSA) is 78.9 Å². The predicted molar refractivity (Wildman–Crippen MR) is 93.6 cm³/mol. The van der Waals surface area contributed by atoms with Gasteiger partial charge in [-0.2, -0.15) is 13.2 Å². The highest BCUT2D eigenvalue weighted by Gasteiger charge is 2.36. The minimum absolute atomic E-state index is 0.0412. The molecule has 1 fully saturated rings. The summed E-state index contributed by atoms with van der Waals surface area (Å²) in [5.74, 6) is -1.55.